The molecule has 0 amide bonds. The fourth-order valence-corrected chi connectivity index (χ4v) is 1.49. The molecule has 0 aliphatic rings. The molecule has 0 aliphatic carbocycles. The standard InChI is InChI=1S/C15H12N4O/c16-13-5-9-15(10-6-13)20-14-7-3-12(4-8-14)2-1-11-18-19-17/h3-10H,11,16H2. The molecular formula is C15H12N4O. The van der Waals surface area contributed by atoms with Crippen molar-refractivity contribution in [1.29, 1.82) is 0 Å². The Hall–Kier alpha value is -3.09. The highest BCUT2D eigenvalue weighted by Gasteiger charge is 1.96. The van der Waals surface area contributed by atoms with Gasteiger partial charge in [0, 0.05) is 16.2 Å². The van der Waals surface area contributed by atoms with Crippen molar-refractivity contribution in [1.82, 2.24) is 0 Å². The topological polar surface area (TPSA) is 84.0 Å². The molecule has 2 aromatic rings. The van der Waals surface area contributed by atoms with Crippen molar-refractivity contribution < 1.29 is 4.74 Å². The monoisotopic (exact) mass is 264 g/mol. The lowest BCUT2D eigenvalue weighted by Gasteiger charge is -2.05. The molecule has 2 rings (SSSR count). The third kappa shape index (κ3) is 3.98. The Bertz CT molecular complexity index is 675. The van der Waals surface area contributed by atoms with Gasteiger partial charge in [0.15, 0.2) is 0 Å². The molecule has 2 N–H and O–H groups in total. The molecule has 0 saturated heterocycles. The number of anilines is 1. The van der Waals surface area contributed by atoms with E-state index in [0.29, 0.717) is 5.69 Å². The Morgan fingerprint density at radius 3 is 2.25 bits per heavy atom. The summed E-state index contributed by atoms with van der Waals surface area (Å²) in [4.78, 5) is 2.63. The highest BCUT2D eigenvalue weighted by atomic mass is 16.5. The molecule has 2 aromatic carbocycles. The first-order chi connectivity index (χ1) is 9.78. The lowest BCUT2D eigenvalue weighted by Crippen LogP contribution is -1.86. The number of benzene rings is 2. The highest BCUT2D eigenvalue weighted by molar-refractivity contribution is 5.44. The Balaban J connectivity index is 2.02. The van der Waals surface area contributed by atoms with Crippen molar-refractivity contribution >= 4 is 5.69 Å². The van der Waals surface area contributed by atoms with Gasteiger partial charge in [0.2, 0.25) is 0 Å². The molecule has 0 radical (unpaired) electrons. The second-order valence-corrected chi connectivity index (χ2v) is 3.89. The Labute approximate surface area is 116 Å². The molecule has 0 aliphatic heterocycles. The van der Waals surface area contributed by atoms with Crippen LogP contribution in [0.15, 0.2) is 53.6 Å². The van der Waals surface area contributed by atoms with Gasteiger partial charge in [-0.15, -0.1) is 0 Å². The van der Waals surface area contributed by atoms with E-state index in [0.717, 1.165) is 17.1 Å². The van der Waals surface area contributed by atoms with Crippen molar-refractivity contribution in [2.45, 2.75) is 0 Å². The SMILES string of the molecule is [N-]=[N+]=NCC#Cc1ccc(Oc2ccc(N)cc2)cc1. The minimum absolute atomic E-state index is 0.167. The van der Waals surface area contributed by atoms with Crippen molar-refractivity contribution in [3.63, 3.8) is 0 Å². The fraction of sp³-hybridized carbons (Fsp3) is 0.0667. The third-order valence-electron chi connectivity index (χ3n) is 2.42. The maximum absolute atomic E-state index is 8.12. The van der Waals surface area contributed by atoms with Gasteiger partial charge in [-0.1, -0.05) is 17.0 Å². The predicted octanol–water partition coefficient (Wildman–Crippen LogP) is 3.72. The molecule has 0 atom stereocenters. The predicted molar refractivity (Wildman–Crippen MR) is 78.3 cm³/mol. The molecular weight excluding hydrogens is 252 g/mol. The lowest BCUT2D eigenvalue weighted by molar-refractivity contribution is 0.483. The zero-order chi connectivity index (χ0) is 14.2. The van der Waals surface area contributed by atoms with E-state index in [1.54, 1.807) is 12.1 Å². The molecule has 98 valence electrons. The molecule has 0 spiro atoms. The summed E-state index contributed by atoms with van der Waals surface area (Å²) in [7, 11) is 0. The van der Waals surface area contributed by atoms with E-state index in [1.807, 2.05) is 36.4 Å². The lowest BCUT2D eigenvalue weighted by atomic mass is 10.2. The number of nitrogen functional groups attached to an aromatic ring is 1. The van der Waals surface area contributed by atoms with E-state index in [4.69, 9.17) is 16.0 Å². The second kappa shape index (κ2) is 6.74. The first kappa shape index (κ1) is 13.3. The van der Waals surface area contributed by atoms with Crippen LogP contribution in [-0.2, 0) is 0 Å². The van der Waals surface area contributed by atoms with Gasteiger partial charge in [0.25, 0.3) is 0 Å². The smallest absolute Gasteiger partial charge is 0.127 e. The van der Waals surface area contributed by atoms with Crippen LogP contribution in [0.2, 0.25) is 0 Å². The highest BCUT2D eigenvalue weighted by Crippen LogP contribution is 2.22. The Morgan fingerprint density at radius 2 is 1.65 bits per heavy atom. The Kier molecular flexibility index (Phi) is 4.50. The number of hydrogen-bond donors (Lipinski definition) is 1. The summed E-state index contributed by atoms with van der Waals surface area (Å²) in [6, 6.07) is 14.5. The van der Waals surface area contributed by atoms with E-state index in [1.165, 1.54) is 0 Å². The van der Waals surface area contributed by atoms with Crippen molar-refractivity contribution in [2.75, 3.05) is 12.3 Å². The summed E-state index contributed by atoms with van der Waals surface area (Å²) in [6.45, 7) is 0.167. The second-order valence-electron chi connectivity index (χ2n) is 3.89. The van der Waals surface area contributed by atoms with Crippen LogP contribution in [-0.4, -0.2) is 6.54 Å². The zero-order valence-electron chi connectivity index (χ0n) is 10.7. The average Bonchev–Trinajstić information content (AvgIpc) is 2.48. The maximum Gasteiger partial charge on any atom is 0.127 e. The van der Waals surface area contributed by atoms with Crippen LogP contribution in [0.4, 0.5) is 5.69 Å². The van der Waals surface area contributed by atoms with Gasteiger partial charge in [0.1, 0.15) is 11.5 Å². The number of azide groups is 1. The summed E-state index contributed by atoms with van der Waals surface area (Å²) in [5, 5.41) is 3.34. The van der Waals surface area contributed by atoms with Gasteiger partial charge in [0.05, 0.1) is 6.54 Å². The largest absolute Gasteiger partial charge is 0.457 e. The molecule has 5 nitrogen and oxygen atoms in total. The van der Waals surface area contributed by atoms with Gasteiger partial charge in [-0.25, -0.2) is 0 Å². The first-order valence-corrected chi connectivity index (χ1v) is 5.91. The van der Waals surface area contributed by atoms with Gasteiger partial charge in [-0.3, -0.25) is 0 Å². The quantitative estimate of drug-likeness (QED) is 0.301. The summed E-state index contributed by atoms with van der Waals surface area (Å²) in [5.74, 6) is 7.09. The first-order valence-electron chi connectivity index (χ1n) is 5.91. The number of ether oxygens (including phenoxy) is 1. The van der Waals surface area contributed by atoms with Gasteiger partial charge < -0.3 is 10.5 Å². The van der Waals surface area contributed by atoms with Crippen molar-refractivity contribution in [3.8, 4) is 23.3 Å². The minimum atomic E-state index is 0.167. The maximum atomic E-state index is 8.12. The van der Waals surface area contributed by atoms with E-state index in [-0.39, 0.29) is 6.54 Å². The van der Waals surface area contributed by atoms with E-state index < -0.39 is 0 Å². The van der Waals surface area contributed by atoms with Crippen LogP contribution in [0.5, 0.6) is 11.5 Å². The summed E-state index contributed by atoms with van der Waals surface area (Å²) in [6.07, 6.45) is 0. The van der Waals surface area contributed by atoms with Crippen LogP contribution in [0.1, 0.15) is 5.56 Å². The molecule has 0 bridgehead atoms. The molecule has 0 saturated carbocycles. The van der Waals surface area contributed by atoms with E-state index in [9.17, 15) is 0 Å². The average molecular weight is 264 g/mol. The molecule has 0 aromatic heterocycles. The summed E-state index contributed by atoms with van der Waals surface area (Å²) in [5.41, 5.74) is 15.3. The number of hydrogen-bond acceptors (Lipinski definition) is 3. The van der Waals surface area contributed by atoms with Gasteiger partial charge >= 0.3 is 0 Å². The molecule has 5 heteroatoms. The molecule has 20 heavy (non-hydrogen) atoms. The van der Waals surface area contributed by atoms with Crippen molar-refractivity contribution in [2.24, 2.45) is 5.11 Å². The Morgan fingerprint density at radius 1 is 1.05 bits per heavy atom. The van der Waals surface area contributed by atoms with Crippen LogP contribution in [0, 0.1) is 11.8 Å². The fourth-order valence-electron chi connectivity index (χ4n) is 1.49. The van der Waals surface area contributed by atoms with Crippen molar-refractivity contribution in [3.05, 3.63) is 64.5 Å². The van der Waals surface area contributed by atoms with Gasteiger partial charge in [-0.05, 0) is 54.1 Å². The number of rotatable bonds is 3. The summed E-state index contributed by atoms with van der Waals surface area (Å²) >= 11 is 0. The van der Waals surface area contributed by atoms with Crippen LogP contribution in [0.3, 0.4) is 0 Å². The third-order valence-corrected chi connectivity index (χ3v) is 2.42. The molecule has 0 heterocycles. The minimum Gasteiger partial charge on any atom is -0.457 e. The van der Waals surface area contributed by atoms with Crippen LogP contribution in [0.25, 0.3) is 10.4 Å². The zero-order valence-corrected chi connectivity index (χ0v) is 10.7. The van der Waals surface area contributed by atoms with E-state index >= 15 is 0 Å². The van der Waals surface area contributed by atoms with Gasteiger partial charge in [-0.2, -0.15) is 0 Å². The number of nitrogens with two attached hydrogens (primary N) is 1. The van der Waals surface area contributed by atoms with Crippen LogP contribution < -0.4 is 10.5 Å². The molecule has 0 fully saturated rings. The van der Waals surface area contributed by atoms with Crippen LogP contribution >= 0.6 is 0 Å². The van der Waals surface area contributed by atoms with E-state index in [2.05, 4.69) is 21.9 Å². The number of nitrogens with zero attached hydrogens (tertiary/aromatic N) is 3. The summed E-state index contributed by atoms with van der Waals surface area (Å²) < 4.78 is 5.66. The normalized spacial score (nSPS) is 9.00. The molecule has 0 unspecified atom stereocenters.